The standard InChI is InChI=1S/C9H6ClN3O4/c10-6-2-1-4(3-5(6)7(14)15)13-8(16)11-12-9(13)17/h1-3H,(H,11,16)(H,12,17)(H,14,15). The lowest BCUT2D eigenvalue weighted by Crippen LogP contribution is -2.24. The Morgan fingerprint density at radius 1 is 1.24 bits per heavy atom. The monoisotopic (exact) mass is 255 g/mol. The first kappa shape index (κ1) is 11.2. The number of rotatable bonds is 2. The minimum absolute atomic E-state index is 0.0289. The number of halogens is 1. The fourth-order valence-corrected chi connectivity index (χ4v) is 1.56. The first-order chi connectivity index (χ1) is 8.00. The lowest BCUT2D eigenvalue weighted by molar-refractivity contribution is 0.0697. The summed E-state index contributed by atoms with van der Waals surface area (Å²) in [5.74, 6) is -1.24. The molecule has 3 N–H and O–H groups in total. The van der Waals surface area contributed by atoms with E-state index in [2.05, 4.69) is 10.2 Å². The third-order valence-corrected chi connectivity index (χ3v) is 2.45. The van der Waals surface area contributed by atoms with Crippen molar-refractivity contribution in [3.63, 3.8) is 0 Å². The number of H-pyrrole nitrogens is 2. The van der Waals surface area contributed by atoms with Gasteiger partial charge in [-0.25, -0.2) is 29.1 Å². The molecule has 17 heavy (non-hydrogen) atoms. The lowest BCUT2D eigenvalue weighted by atomic mass is 10.2. The van der Waals surface area contributed by atoms with E-state index in [9.17, 15) is 14.4 Å². The van der Waals surface area contributed by atoms with Crippen LogP contribution in [-0.2, 0) is 0 Å². The Bertz CT molecular complexity index is 669. The summed E-state index contributed by atoms with van der Waals surface area (Å²) in [5.41, 5.74) is -1.43. The smallest absolute Gasteiger partial charge is 0.348 e. The molecule has 0 saturated carbocycles. The molecule has 0 atom stereocenters. The highest BCUT2D eigenvalue weighted by molar-refractivity contribution is 6.33. The summed E-state index contributed by atoms with van der Waals surface area (Å²) in [6, 6.07) is 3.83. The SMILES string of the molecule is O=C(O)c1cc(-n2c(=O)[nH][nH]c2=O)ccc1Cl. The fraction of sp³-hybridized carbons (Fsp3) is 0. The molecule has 0 bridgehead atoms. The van der Waals surface area contributed by atoms with Crippen molar-refractivity contribution in [3.05, 3.63) is 49.8 Å². The maximum Gasteiger partial charge on any atom is 0.348 e. The second-order valence-corrected chi connectivity index (χ2v) is 3.57. The van der Waals surface area contributed by atoms with Crippen LogP contribution in [0.2, 0.25) is 5.02 Å². The second kappa shape index (κ2) is 3.95. The van der Waals surface area contributed by atoms with Crippen molar-refractivity contribution < 1.29 is 9.90 Å². The van der Waals surface area contributed by atoms with Gasteiger partial charge >= 0.3 is 17.3 Å². The zero-order valence-electron chi connectivity index (χ0n) is 8.23. The van der Waals surface area contributed by atoms with E-state index in [0.29, 0.717) is 0 Å². The molecule has 0 aliphatic rings. The van der Waals surface area contributed by atoms with Gasteiger partial charge in [-0.15, -0.1) is 0 Å². The minimum Gasteiger partial charge on any atom is -0.478 e. The number of nitrogens with one attached hydrogen (secondary N) is 2. The van der Waals surface area contributed by atoms with Crippen LogP contribution in [0.15, 0.2) is 27.8 Å². The molecule has 1 heterocycles. The zero-order chi connectivity index (χ0) is 12.6. The summed E-state index contributed by atoms with van der Waals surface area (Å²) in [4.78, 5) is 33.5. The summed E-state index contributed by atoms with van der Waals surface area (Å²) >= 11 is 5.67. The van der Waals surface area contributed by atoms with E-state index in [1.165, 1.54) is 12.1 Å². The Balaban J connectivity index is 2.70. The molecule has 7 nitrogen and oxygen atoms in total. The number of carboxylic acids is 1. The average Bonchev–Trinajstić information content (AvgIpc) is 2.59. The van der Waals surface area contributed by atoms with Crippen molar-refractivity contribution in [3.8, 4) is 5.69 Å². The fourth-order valence-electron chi connectivity index (χ4n) is 1.36. The van der Waals surface area contributed by atoms with Crippen LogP contribution in [0.5, 0.6) is 0 Å². The molecule has 1 aromatic heterocycles. The first-order valence-electron chi connectivity index (χ1n) is 4.43. The Kier molecular flexibility index (Phi) is 2.60. The number of carboxylic acid groups (broad SMARTS) is 1. The molecule has 88 valence electrons. The van der Waals surface area contributed by atoms with Gasteiger partial charge in [0.15, 0.2) is 0 Å². The molecule has 0 aliphatic carbocycles. The van der Waals surface area contributed by atoms with E-state index in [4.69, 9.17) is 16.7 Å². The quantitative estimate of drug-likeness (QED) is 0.712. The van der Waals surface area contributed by atoms with Gasteiger partial charge in [0.1, 0.15) is 0 Å². The van der Waals surface area contributed by atoms with E-state index in [1.54, 1.807) is 0 Å². The molecule has 0 radical (unpaired) electrons. The van der Waals surface area contributed by atoms with E-state index >= 15 is 0 Å². The second-order valence-electron chi connectivity index (χ2n) is 3.17. The maximum atomic E-state index is 11.3. The van der Waals surface area contributed by atoms with Crippen molar-refractivity contribution in [2.45, 2.75) is 0 Å². The van der Waals surface area contributed by atoms with E-state index in [1.807, 2.05) is 0 Å². The Hall–Kier alpha value is -2.28. The highest BCUT2D eigenvalue weighted by atomic mass is 35.5. The van der Waals surface area contributed by atoms with Crippen molar-refractivity contribution in [2.24, 2.45) is 0 Å². The average molecular weight is 256 g/mol. The van der Waals surface area contributed by atoms with Crippen LogP contribution in [0.4, 0.5) is 0 Å². The molecule has 0 amide bonds. The molecule has 1 aromatic carbocycles. The normalized spacial score (nSPS) is 10.4. The molecule has 0 spiro atoms. The van der Waals surface area contributed by atoms with Crippen LogP contribution in [0, 0.1) is 0 Å². The number of benzene rings is 1. The van der Waals surface area contributed by atoms with Gasteiger partial charge in [-0.05, 0) is 18.2 Å². The number of aromatic carboxylic acids is 1. The van der Waals surface area contributed by atoms with E-state index in [0.717, 1.165) is 10.6 Å². The summed E-state index contributed by atoms with van der Waals surface area (Å²) in [6.07, 6.45) is 0. The van der Waals surface area contributed by atoms with Crippen LogP contribution < -0.4 is 11.4 Å². The van der Waals surface area contributed by atoms with Gasteiger partial charge in [-0.3, -0.25) is 0 Å². The topological polar surface area (TPSA) is 108 Å². The highest BCUT2D eigenvalue weighted by Crippen LogP contribution is 2.18. The van der Waals surface area contributed by atoms with Crippen molar-refractivity contribution in [1.82, 2.24) is 14.8 Å². The number of aromatic amines is 2. The van der Waals surface area contributed by atoms with Crippen LogP contribution in [-0.4, -0.2) is 25.8 Å². The number of hydrogen-bond donors (Lipinski definition) is 3. The largest absolute Gasteiger partial charge is 0.478 e. The molecule has 8 heteroatoms. The molecule has 0 unspecified atom stereocenters. The van der Waals surface area contributed by atoms with Gasteiger partial charge < -0.3 is 5.11 Å². The van der Waals surface area contributed by atoms with Crippen molar-refractivity contribution in [1.29, 1.82) is 0 Å². The minimum atomic E-state index is -1.24. The van der Waals surface area contributed by atoms with Crippen molar-refractivity contribution in [2.75, 3.05) is 0 Å². The van der Waals surface area contributed by atoms with Crippen molar-refractivity contribution >= 4 is 17.6 Å². The number of aromatic nitrogens is 3. The van der Waals surface area contributed by atoms with Gasteiger partial charge in [0.25, 0.3) is 0 Å². The van der Waals surface area contributed by atoms with E-state index < -0.39 is 17.3 Å². The number of nitrogens with zero attached hydrogens (tertiary/aromatic N) is 1. The molecule has 0 fully saturated rings. The predicted octanol–water partition coefficient (Wildman–Crippen LogP) is 0.205. The highest BCUT2D eigenvalue weighted by Gasteiger charge is 2.12. The van der Waals surface area contributed by atoms with E-state index in [-0.39, 0.29) is 16.3 Å². The Morgan fingerprint density at radius 3 is 2.35 bits per heavy atom. The van der Waals surface area contributed by atoms with Crippen LogP contribution >= 0.6 is 11.6 Å². The van der Waals surface area contributed by atoms with Gasteiger partial charge in [0.2, 0.25) is 0 Å². The third-order valence-electron chi connectivity index (χ3n) is 2.12. The Morgan fingerprint density at radius 2 is 1.82 bits per heavy atom. The van der Waals surface area contributed by atoms with Crippen LogP contribution in [0.25, 0.3) is 5.69 Å². The Labute approximate surface area is 98.3 Å². The molecule has 2 aromatic rings. The number of hydrogen-bond acceptors (Lipinski definition) is 3. The summed E-state index contributed by atoms with van der Waals surface area (Å²) in [6.45, 7) is 0. The first-order valence-corrected chi connectivity index (χ1v) is 4.81. The zero-order valence-corrected chi connectivity index (χ0v) is 8.99. The lowest BCUT2D eigenvalue weighted by Gasteiger charge is -2.02. The van der Waals surface area contributed by atoms with Gasteiger partial charge in [-0.2, -0.15) is 0 Å². The van der Waals surface area contributed by atoms with Gasteiger partial charge in [0.05, 0.1) is 16.3 Å². The molecule has 0 saturated heterocycles. The van der Waals surface area contributed by atoms with Gasteiger partial charge in [-0.1, -0.05) is 11.6 Å². The predicted molar refractivity (Wildman–Crippen MR) is 59.0 cm³/mol. The summed E-state index contributed by atoms with van der Waals surface area (Å²) in [5, 5.41) is 13.1. The molecular weight excluding hydrogens is 250 g/mol. The molecular formula is C9H6ClN3O4. The van der Waals surface area contributed by atoms with Crippen LogP contribution in [0.3, 0.4) is 0 Å². The summed E-state index contributed by atoms with van der Waals surface area (Å²) < 4.78 is 0.767. The maximum absolute atomic E-state index is 11.3. The number of carbonyl (C=O) groups is 1. The third kappa shape index (κ3) is 1.87. The molecule has 2 rings (SSSR count). The summed E-state index contributed by atoms with van der Waals surface area (Å²) in [7, 11) is 0. The van der Waals surface area contributed by atoms with Crippen LogP contribution in [0.1, 0.15) is 10.4 Å². The molecule has 0 aliphatic heterocycles. The van der Waals surface area contributed by atoms with Gasteiger partial charge in [0, 0.05) is 0 Å².